The Kier molecular flexibility index (Phi) is 6.25. The fourth-order valence-electron chi connectivity index (χ4n) is 2.71. The lowest BCUT2D eigenvalue weighted by molar-refractivity contribution is -0.127. The van der Waals surface area contributed by atoms with Gasteiger partial charge in [0.2, 0.25) is 0 Å². The number of halogens is 2. The number of oxazole rings is 1. The Bertz CT molecular complexity index is 1190. The van der Waals surface area contributed by atoms with E-state index in [0.717, 1.165) is 5.56 Å². The minimum Gasteiger partial charge on any atom is -0.481 e. The van der Waals surface area contributed by atoms with Crippen LogP contribution < -0.4 is 14.8 Å². The van der Waals surface area contributed by atoms with Gasteiger partial charge >= 0.3 is 6.08 Å². The Labute approximate surface area is 187 Å². The number of rotatable bonds is 7. The normalized spacial score (nSPS) is 11.8. The van der Waals surface area contributed by atoms with E-state index in [9.17, 15) is 4.79 Å². The number of pyridine rings is 1. The Hall–Kier alpha value is -3.29. The molecule has 0 aliphatic rings. The third-order valence-corrected chi connectivity index (χ3v) is 4.76. The van der Waals surface area contributed by atoms with Crippen molar-refractivity contribution in [1.82, 2.24) is 15.3 Å². The van der Waals surface area contributed by atoms with E-state index in [1.54, 1.807) is 67.7 Å². The van der Waals surface area contributed by atoms with Crippen molar-refractivity contribution in [2.45, 2.75) is 19.6 Å². The molecule has 2 heterocycles. The molecule has 158 valence electrons. The number of fused-ring (bicyclic) bond motifs is 1. The van der Waals surface area contributed by atoms with E-state index >= 15 is 0 Å². The van der Waals surface area contributed by atoms with Crippen LogP contribution in [0.5, 0.6) is 17.6 Å². The molecule has 9 heteroatoms. The summed E-state index contributed by atoms with van der Waals surface area (Å²) >= 11 is 11.7. The van der Waals surface area contributed by atoms with Gasteiger partial charge in [0.1, 0.15) is 22.2 Å². The number of carbonyl (C=O) groups excluding carboxylic acids is 1. The number of hydrogen-bond donors (Lipinski definition) is 1. The molecule has 0 aliphatic heterocycles. The number of amides is 1. The fourth-order valence-corrected chi connectivity index (χ4v) is 2.98. The van der Waals surface area contributed by atoms with Gasteiger partial charge in [-0.2, -0.15) is 4.98 Å². The van der Waals surface area contributed by atoms with E-state index in [1.165, 1.54) is 0 Å². The standard InChI is InChI=1S/C22H17Cl2N3O4/c1-13(21(28)26-12-14-2-9-20(24)25-11-14)29-16-4-6-17(7-5-16)30-22-27-18-8-3-15(23)10-19(18)31-22/h2-11,13H,12H2,1H3,(H,26,28). The van der Waals surface area contributed by atoms with E-state index in [4.69, 9.17) is 37.1 Å². The molecule has 0 bridgehead atoms. The Morgan fingerprint density at radius 3 is 2.61 bits per heavy atom. The first-order valence-corrected chi connectivity index (χ1v) is 10.1. The third kappa shape index (κ3) is 5.45. The average Bonchev–Trinajstić information content (AvgIpc) is 3.15. The lowest BCUT2D eigenvalue weighted by Gasteiger charge is -2.15. The summed E-state index contributed by atoms with van der Waals surface area (Å²) in [5.74, 6) is 0.783. The molecular weight excluding hydrogens is 441 g/mol. The van der Waals surface area contributed by atoms with Crippen molar-refractivity contribution < 1.29 is 18.7 Å². The summed E-state index contributed by atoms with van der Waals surface area (Å²) in [4.78, 5) is 20.5. The molecule has 0 saturated carbocycles. The number of benzene rings is 2. The molecule has 0 fully saturated rings. The second kappa shape index (κ2) is 9.24. The topological polar surface area (TPSA) is 86.5 Å². The van der Waals surface area contributed by atoms with Gasteiger partial charge in [0.25, 0.3) is 5.91 Å². The van der Waals surface area contributed by atoms with Crippen LogP contribution in [0.3, 0.4) is 0 Å². The SMILES string of the molecule is CC(Oc1ccc(Oc2nc3ccc(Cl)cc3o2)cc1)C(=O)NCc1ccc(Cl)nc1. The predicted octanol–water partition coefficient (Wildman–Crippen LogP) is 5.41. The lowest BCUT2D eigenvalue weighted by atomic mass is 10.2. The van der Waals surface area contributed by atoms with Crippen LogP contribution in [0.25, 0.3) is 11.1 Å². The zero-order valence-corrected chi connectivity index (χ0v) is 17.9. The Morgan fingerprint density at radius 1 is 1.10 bits per heavy atom. The monoisotopic (exact) mass is 457 g/mol. The summed E-state index contributed by atoms with van der Waals surface area (Å²) in [6.07, 6.45) is 1.03. The number of carbonyl (C=O) groups is 1. The van der Waals surface area contributed by atoms with E-state index in [0.29, 0.717) is 39.3 Å². The number of ether oxygens (including phenoxy) is 2. The number of hydrogen-bond acceptors (Lipinski definition) is 6. The first-order valence-electron chi connectivity index (χ1n) is 9.35. The second-order valence-corrected chi connectivity index (χ2v) is 7.46. The molecule has 1 atom stereocenters. The summed E-state index contributed by atoms with van der Waals surface area (Å²) in [7, 11) is 0. The number of nitrogens with zero attached hydrogens (tertiary/aromatic N) is 2. The molecule has 0 radical (unpaired) electrons. The molecule has 1 amide bonds. The van der Waals surface area contributed by atoms with Gasteiger partial charge in [-0.05, 0) is 55.0 Å². The van der Waals surface area contributed by atoms with Crippen molar-refractivity contribution >= 4 is 40.2 Å². The van der Waals surface area contributed by atoms with Gasteiger partial charge in [-0.15, -0.1) is 0 Å². The van der Waals surface area contributed by atoms with E-state index in [-0.39, 0.29) is 12.0 Å². The van der Waals surface area contributed by atoms with Crippen LogP contribution in [-0.4, -0.2) is 22.0 Å². The van der Waals surface area contributed by atoms with Gasteiger partial charge in [0.15, 0.2) is 11.7 Å². The average molecular weight is 458 g/mol. The number of aromatic nitrogens is 2. The van der Waals surface area contributed by atoms with E-state index in [1.807, 2.05) is 0 Å². The van der Waals surface area contributed by atoms with Crippen molar-refractivity contribution in [3.8, 4) is 17.6 Å². The quantitative estimate of drug-likeness (QED) is 0.373. The third-order valence-electron chi connectivity index (χ3n) is 4.30. The molecule has 31 heavy (non-hydrogen) atoms. The van der Waals surface area contributed by atoms with Crippen molar-refractivity contribution in [3.05, 3.63) is 76.5 Å². The highest BCUT2D eigenvalue weighted by Gasteiger charge is 2.15. The first kappa shape index (κ1) is 21.0. The predicted molar refractivity (Wildman–Crippen MR) is 117 cm³/mol. The van der Waals surface area contributed by atoms with Gasteiger partial charge in [0.05, 0.1) is 0 Å². The van der Waals surface area contributed by atoms with Crippen LogP contribution in [0.4, 0.5) is 0 Å². The maximum atomic E-state index is 12.3. The zero-order valence-electron chi connectivity index (χ0n) is 16.3. The molecule has 2 aromatic carbocycles. The highest BCUT2D eigenvalue weighted by atomic mass is 35.5. The van der Waals surface area contributed by atoms with Gasteiger partial charge in [-0.3, -0.25) is 4.79 Å². The van der Waals surface area contributed by atoms with Gasteiger partial charge in [0, 0.05) is 23.8 Å². The Balaban J connectivity index is 1.31. The molecule has 0 saturated heterocycles. The molecule has 1 unspecified atom stereocenters. The maximum absolute atomic E-state index is 12.3. The Morgan fingerprint density at radius 2 is 1.87 bits per heavy atom. The lowest BCUT2D eigenvalue weighted by Crippen LogP contribution is -2.35. The van der Waals surface area contributed by atoms with E-state index < -0.39 is 6.10 Å². The zero-order chi connectivity index (χ0) is 21.8. The second-order valence-electron chi connectivity index (χ2n) is 6.63. The molecule has 4 rings (SSSR count). The van der Waals surface area contributed by atoms with Gasteiger partial charge < -0.3 is 19.2 Å². The summed E-state index contributed by atoms with van der Waals surface area (Å²) in [6, 6.07) is 15.4. The molecular formula is C22H17Cl2N3O4. The van der Waals surface area contributed by atoms with Crippen molar-refractivity contribution in [3.63, 3.8) is 0 Å². The van der Waals surface area contributed by atoms with Gasteiger partial charge in [-0.25, -0.2) is 4.98 Å². The van der Waals surface area contributed by atoms with Crippen LogP contribution >= 0.6 is 23.2 Å². The van der Waals surface area contributed by atoms with Crippen molar-refractivity contribution in [2.75, 3.05) is 0 Å². The molecule has 1 N–H and O–H groups in total. The molecule has 0 aliphatic carbocycles. The highest BCUT2D eigenvalue weighted by Crippen LogP contribution is 2.28. The minimum absolute atomic E-state index is 0.107. The van der Waals surface area contributed by atoms with E-state index in [2.05, 4.69) is 15.3 Å². The fraction of sp³-hybridized carbons (Fsp3) is 0.136. The highest BCUT2D eigenvalue weighted by molar-refractivity contribution is 6.31. The summed E-state index contributed by atoms with van der Waals surface area (Å²) in [5.41, 5.74) is 2.03. The van der Waals surface area contributed by atoms with Crippen LogP contribution in [0.15, 0.2) is 65.2 Å². The van der Waals surface area contributed by atoms with Crippen LogP contribution in [0.2, 0.25) is 10.2 Å². The molecule has 0 spiro atoms. The minimum atomic E-state index is -0.686. The molecule has 2 aromatic heterocycles. The van der Waals surface area contributed by atoms with Crippen LogP contribution in [0, 0.1) is 0 Å². The molecule has 7 nitrogen and oxygen atoms in total. The van der Waals surface area contributed by atoms with Crippen molar-refractivity contribution in [2.24, 2.45) is 0 Å². The summed E-state index contributed by atoms with van der Waals surface area (Å²) in [5, 5.41) is 3.76. The smallest absolute Gasteiger partial charge is 0.400 e. The summed E-state index contributed by atoms with van der Waals surface area (Å²) in [6.45, 7) is 2.00. The largest absolute Gasteiger partial charge is 0.481 e. The van der Waals surface area contributed by atoms with Gasteiger partial charge in [-0.1, -0.05) is 29.3 Å². The van der Waals surface area contributed by atoms with Crippen molar-refractivity contribution in [1.29, 1.82) is 0 Å². The van der Waals surface area contributed by atoms with Crippen LogP contribution in [0.1, 0.15) is 12.5 Å². The van der Waals surface area contributed by atoms with Crippen LogP contribution in [-0.2, 0) is 11.3 Å². The molecule has 4 aromatic rings. The number of nitrogens with one attached hydrogen (secondary N) is 1. The summed E-state index contributed by atoms with van der Waals surface area (Å²) < 4.78 is 16.9. The maximum Gasteiger partial charge on any atom is 0.400 e. The first-order chi connectivity index (χ1) is 15.0.